The second-order valence-electron chi connectivity index (χ2n) is 8.00. The molecule has 0 fully saturated rings. The zero-order valence-electron chi connectivity index (χ0n) is 19.0. The van der Waals surface area contributed by atoms with E-state index in [-0.39, 0.29) is 30.7 Å². The summed E-state index contributed by atoms with van der Waals surface area (Å²) >= 11 is 0. The summed E-state index contributed by atoms with van der Waals surface area (Å²) in [5.41, 5.74) is 1.91. The van der Waals surface area contributed by atoms with Crippen LogP contribution in [0.4, 0.5) is 0 Å². The van der Waals surface area contributed by atoms with Gasteiger partial charge in [0.1, 0.15) is 11.5 Å². The number of benzene rings is 3. The summed E-state index contributed by atoms with van der Waals surface area (Å²) in [7, 11) is 4.88. The predicted molar refractivity (Wildman–Crippen MR) is 125 cm³/mol. The Morgan fingerprint density at radius 1 is 0.939 bits per heavy atom. The minimum atomic E-state index is -0.312. The van der Waals surface area contributed by atoms with Crippen molar-refractivity contribution in [1.82, 2.24) is 9.80 Å². The summed E-state index contributed by atoms with van der Waals surface area (Å²) in [5.74, 6) is 0.623. The van der Waals surface area contributed by atoms with Crippen LogP contribution in [0.1, 0.15) is 39.1 Å². The topological polar surface area (TPSA) is 76.2 Å². The summed E-state index contributed by atoms with van der Waals surface area (Å²) in [6, 6.07) is 16.4. The van der Waals surface area contributed by atoms with Crippen LogP contribution in [0.2, 0.25) is 0 Å². The molecule has 0 spiro atoms. The van der Waals surface area contributed by atoms with Crippen molar-refractivity contribution in [2.24, 2.45) is 0 Å². The van der Waals surface area contributed by atoms with Gasteiger partial charge < -0.3 is 14.4 Å². The third-order valence-electron chi connectivity index (χ3n) is 5.96. The average Bonchev–Trinajstić information content (AvgIpc) is 2.84. The maximum Gasteiger partial charge on any atom is 0.261 e. The van der Waals surface area contributed by atoms with Crippen molar-refractivity contribution in [3.05, 3.63) is 71.3 Å². The molecule has 1 aliphatic heterocycles. The molecule has 7 nitrogen and oxygen atoms in total. The monoisotopic (exact) mass is 446 g/mol. The Hall–Kier alpha value is -3.87. The highest BCUT2D eigenvalue weighted by molar-refractivity contribution is 6.25. The normalized spacial score (nSPS) is 12.8. The molecule has 4 rings (SSSR count). The molecule has 0 N–H and O–H groups in total. The SMILES string of the molecule is COc1ccc(CN(C)C(=O)CCCN2C(=O)c3cccc4cccc(c34)C2=O)c(OC)c1. The van der Waals surface area contributed by atoms with Crippen molar-refractivity contribution in [3.8, 4) is 11.5 Å². The van der Waals surface area contributed by atoms with Gasteiger partial charge in [0.25, 0.3) is 11.8 Å². The first kappa shape index (κ1) is 22.3. The molecule has 0 atom stereocenters. The number of rotatable bonds is 8. The highest BCUT2D eigenvalue weighted by Crippen LogP contribution is 2.30. The molecule has 7 heteroatoms. The maximum absolute atomic E-state index is 13.0. The van der Waals surface area contributed by atoms with Gasteiger partial charge in [0, 0.05) is 54.7 Å². The lowest BCUT2D eigenvalue weighted by Gasteiger charge is -2.27. The number of hydrogen-bond donors (Lipinski definition) is 0. The number of methoxy groups -OCH3 is 2. The Morgan fingerprint density at radius 2 is 1.61 bits per heavy atom. The zero-order valence-corrected chi connectivity index (χ0v) is 19.0. The molecule has 1 aliphatic rings. The maximum atomic E-state index is 13.0. The number of carbonyl (C=O) groups is 3. The van der Waals surface area contributed by atoms with Crippen LogP contribution >= 0.6 is 0 Å². The van der Waals surface area contributed by atoms with Gasteiger partial charge in [-0.25, -0.2) is 0 Å². The van der Waals surface area contributed by atoms with Gasteiger partial charge in [-0.1, -0.05) is 24.3 Å². The van der Waals surface area contributed by atoms with Gasteiger partial charge >= 0.3 is 0 Å². The second-order valence-corrected chi connectivity index (χ2v) is 8.00. The molecule has 0 radical (unpaired) electrons. The molecular formula is C26H26N2O5. The highest BCUT2D eigenvalue weighted by atomic mass is 16.5. The molecule has 3 aromatic carbocycles. The van der Waals surface area contributed by atoms with Crippen LogP contribution in [0.3, 0.4) is 0 Å². The van der Waals surface area contributed by atoms with Gasteiger partial charge in [-0.15, -0.1) is 0 Å². The number of carbonyl (C=O) groups excluding carboxylic acids is 3. The predicted octanol–water partition coefficient (Wildman–Crippen LogP) is 3.89. The summed E-state index contributed by atoms with van der Waals surface area (Å²) in [6.45, 7) is 0.566. The van der Waals surface area contributed by atoms with Crippen molar-refractivity contribution >= 4 is 28.5 Å². The minimum Gasteiger partial charge on any atom is -0.497 e. The Labute approximate surface area is 192 Å². The van der Waals surface area contributed by atoms with E-state index in [4.69, 9.17) is 9.47 Å². The number of amides is 3. The van der Waals surface area contributed by atoms with Crippen LogP contribution < -0.4 is 9.47 Å². The molecule has 33 heavy (non-hydrogen) atoms. The van der Waals surface area contributed by atoms with Crippen molar-refractivity contribution in [2.45, 2.75) is 19.4 Å². The molecule has 0 saturated carbocycles. The standard InChI is InChI=1S/C26H26N2O5/c1-27(16-18-12-13-19(32-2)15-22(18)33-3)23(29)11-6-14-28-25(30)20-9-4-7-17-8-5-10-21(24(17)20)26(28)31/h4-5,7-10,12-13,15H,6,11,14,16H2,1-3H3. The van der Waals surface area contributed by atoms with E-state index in [1.54, 1.807) is 44.4 Å². The van der Waals surface area contributed by atoms with Crippen LogP contribution in [0, 0.1) is 0 Å². The molecule has 3 amide bonds. The summed E-state index contributed by atoms with van der Waals surface area (Å²) in [6.07, 6.45) is 0.608. The molecule has 3 aromatic rings. The van der Waals surface area contributed by atoms with Gasteiger partial charge in [0.15, 0.2) is 0 Å². The van der Waals surface area contributed by atoms with Gasteiger partial charge in [-0.05, 0) is 36.1 Å². The molecule has 1 heterocycles. The Bertz CT molecular complexity index is 1190. The van der Waals surface area contributed by atoms with Crippen LogP contribution in [-0.2, 0) is 11.3 Å². The van der Waals surface area contributed by atoms with E-state index in [1.165, 1.54) is 4.90 Å². The average molecular weight is 447 g/mol. The lowest BCUT2D eigenvalue weighted by molar-refractivity contribution is -0.130. The van der Waals surface area contributed by atoms with E-state index in [0.29, 0.717) is 41.0 Å². The smallest absolute Gasteiger partial charge is 0.261 e. The van der Waals surface area contributed by atoms with Crippen LogP contribution in [-0.4, -0.2) is 55.3 Å². The largest absolute Gasteiger partial charge is 0.497 e. The van der Waals surface area contributed by atoms with E-state index in [1.807, 2.05) is 36.4 Å². The molecular weight excluding hydrogens is 420 g/mol. The molecule has 170 valence electrons. The Balaban J connectivity index is 1.39. The number of imide groups is 1. The van der Waals surface area contributed by atoms with E-state index >= 15 is 0 Å². The molecule has 0 aliphatic carbocycles. The van der Waals surface area contributed by atoms with Gasteiger partial charge in [-0.3, -0.25) is 19.3 Å². The Kier molecular flexibility index (Phi) is 6.31. The fourth-order valence-electron chi connectivity index (χ4n) is 4.19. The Morgan fingerprint density at radius 3 is 2.21 bits per heavy atom. The summed E-state index contributed by atoms with van der Waals surface area (Å²) in [4.78, 5) is 41.5. The summed E-state index contributed by atoms with van der Waals surface area (Å²) in [5, 5.41) is 1.58. The number of nitrogens with zero attached hydrogens (tertiary/aromatic N) is 2. The van der Waals surface area contributed by atoms with E-state index < -0.39 is 0 Å². The molecule has 0 saturated heterocycles. The first-order valence-electron chi connectivity index (χ1n) is 10.8. The van der Waals surface area contributed by atoms with Crippen molar-refractivity contribution in [2.75, 3.05) is 27.8 Å². The molecule has 0 aromatic heterocycles. The van der Waals surface area contributed by atoms with Gasteiger partial charge in [0.2, 0.25) is 5.91 Å². The van der Waals surface area contributed by atoms with Gasteiger partial charge in [-0.2, -0.15) is 0 Å². The second kappa shape index (κ2) is 9.32. The van der Waals surface area contributed by atoms with Crippen molar-refractivity contribution in [1.29, 1.82) is 0 Å². The summed E-state index contributed by atoms with van der Waals surface area (Å²) < 4.78 is 10.6. The van der Waals surface area contributed by atoms with Crippen molar-refractivity contribution in [3.63, 3.8) is 0 Å². The fraction of sp³-hybridized carbons (Fsp3) is 0.269. The van der Waals surface area contributed by atoms with E-state index in [2.05, 4.69) is 0 Å². The third kappa shape index (κ3) is 4.26. The van der Waals surface area contributed by atoms with E-state index in [9.17, 15) is 14.4 Å². The van der Waals surface area contributed by atoms with Crippen LogP contribution in [0.15, 0.2) is 54.6 Å². The van der Waals surface area contributed by atoms with Crippen molar-refractivity contribution < 1.29 is 23.9 Å². The van der Waals surface area contributed by atoms with E-state index in [0.717, 1.165) is 10.9 Å². The zero-order chi connectivity index (χ0) is 23.5. The minimum absolute atomic E-state index is 0.0766. The fourth-order valence-corrected chi connectivity index (χ4v) is 4.19. The quantitative estimate of drug-likeness (QED) is 0.491. The lowest BCUT2D eigenvalue weighted by Crippen LogP contribution is -2.41. The molecule has 0 unspecified atom stereocenters. The van der Waals surface area contributed by atoms with Crippen LogP contribution in [0.5, 0.6) is 11.5 Å². The number of ether oxygens (including phenoxy) is 2. The highest BCUT2D eigenvalue weighted by Gasteiger charge is 2.32. The van der Waals surface area contributed by atoms with Crippen LogP contribution in [0.25, 0.3) is 10.8 Å². The first-order valence-corrected chi connectivity index (χ1v) is 10.8. The number of hydrogen-bond acceptors (Lipinski definition) is 5. The van der Waals surface area contributed by atoms with Gasteiger partial charge in [0.05, 0.1) is 14.2 Å². The first-order chi connectivity index (χ1) is 15.9. The third-order valence-corrected chi connectivity index (χ3v) is 5.96. The molecule has 0 bridgehead atoms. The lowest BCUT2D eigenvalue weighted by atomic mass is 9.94.